The quantitative estimate of drug-likeness (QED) is 0.181. The molecule has 0 unspecified atom stereocenters. The van der Waals surface area contributed by atoms with E-state index in [1.165, 1.54) is 77.2 Å². The third kappa shape index (κ3) is 6.07. The highest BCUT2D eigenvalue weighted by Gasteiger charge is 2.24. The van der Waals surface area contributed by atoms with Crippen LogP contribution in [-0.4, -0.2) is 24.1 Å². The maximum absolute atomic E-state index is 5.63. The molecular formula is C60H47N5. The Labute approximate surface area is 378 Å². The SMILES string of the molecule is Cc1cc(C)c(-c2cc(-c3c(C)cc(C)cc3C)c3c4ccc(-c5cccc6c5nc(-c5cccc7c5[nH]c5ccccc57)n6-c5ccccc5)cc4n(-c4ccccn4)c3c2)c(C)c1. The van der Waals surface area contributed by atoms with Crippen LogP contribution in [0.15, 0.2) is 170 Å². The van der Waals surface area contributed by atoms with E-state index >= 15 is 0 Å². The smallest absolute Gasteiger partial charge is 0.147 e. The summed E-state index contributed by atoms with van der Waals surface area (Å²) in [6, 6.07) is 59.6. The van der Waals surface area contributed by atoms with E-state index in [0.29, 0.717) is 0 Å². The lowest BCUT2D eigenvalue weighted by Crippen LogP contribution is -1.98. The molecule has 312 valence electrons. The average molecular weight is 838 g/mol. The number of nitrogens with zero attached hydrogens (tertiary/aromatic N) is 4. The van der Waals surface area contributed by atoms with Crippen molar-refractivity contribution < 1.29 is 0 Å². The number of aromatic amines is 1. The second-order valence-electron chi connectivity index (χ2n) is 17.9. The highest BCUT2D eigenvalue weighted by atomic mass is 15.1. The number of aromatic nitrogens is 5. The van der Waals surface area contributed by atoms with Crippen LogP contribution in [0.25, 0.3) is 111 Å². The molecule has 0 amide bonds. The Morgan fingerprint density at radius 3 is 1.86 bits per heavy atom. The molecule has 12 rings (SSSR count). The second-order valence-corrected chi connectivity index (χ2v) is 17.9. The van der Waals surface area contributed by atoms with Crippen LogP contribution in [0.3, 0.4) is 0 Å². The van der Waals surface area contributed by atoms with Gasteiger partial charge in [-0.05, 0) is 152 Å². The molecule has 0 aliphatic heterocycles. The minimum absolute atomic E-state index is 0.878. The Balaban J connectivity index is 1.16. The molecule has 0 fully saturated rings. The molecule has 0 radical (unpaired) electrons. The van der Waals surface area contributed by atoms with Crippen molar-refractivity contribution in [2.75, 3.05) is 0 Å². The number of hydrogen-bond donors (Lipinski definition) is 1. The molecule has 0 bridgehead atoms. The van der Waals surface area contributed by atoms with Gasteiger partial charge >= 0.3 is 0 Å². The molecule has 0 atom stereocenters. The van der Waals surface area contributed by atoms with Crippen LogP contribution >= 0.6 is 0 Å². The molecule has 0 saturated heterocycles. The molecule has 0 aliphatic carbocycles. The number of imidazole rings is 1. The summed E-state index contributed by atoms with van der Waals surface area (Å²) in [5.41, 5.74) is 23.3. The molecule has 0 spiro atoms. The number of fused-ring (bicyclic) bond motifs is 7. The fourth-order valence-electron chi connectivity index (χ4n) is 11.0. The van der Waals surface area contributed by atoms with Gasteiger partial charge in [0, 0.05) is 50.1 Å². The van der Waals surface area contributed by atoms with Crippen LogP contribution in [0.5, 0.6) is 0 Å². The number of rotatable bonds is 6. The highest BCUT2D eigenvalue weighted by molar-refractivity contribution is 6.18. The zero-order chi connectivity index (χ0) is 44.1. The van der Waals surface area contributed by atoms with E-state index in [0.717, 1.165) is 67.1 Å². The first-order valence-electron chi connectivity index (χ1n) is 22.5. The molecule has 5 nitrogen and oxygen atoms in total. The van der Waals surface area contributed by atoms with Gasteiger partial charge in [0.05, 0.1) is 27.6 Å². The number of benzene rings is 8. The summed E-state index contributed by atoms with van der Waals surface area (Å²) < 4.78 is 4.70. The summed E-state index contributed by atoms with van der Waals surface area (Å²) in [5, 5.41) is 4.79. The zero-order valence-corrected chi connectivity index (χ0v) is 37.5. The summed E-state index contributed by atoms with van der Waals surface area (Å²) in [5.74, 6) is 1.77. The molecule has 8 aromatic carbocycles. The minimum Gasteiger partial charge on any atom is -0.354 e. The van der Waals surface area contributed by atoms with Crippen molar-refractivity contribution in [2.45, 2.75) is 41.5 Å². The Morgan fingerprint density at radius 1 is 0.446 bits per heavy atom. The van der Waals surface area contributed by atoms with Gasteiger partial charge in [-0.3, -0.25) is 9.13 Å². The van der Waals surface area contributed by atoms with Gasteiger partial charge in [0.1, 0.15) is 11.6 Å². The maximum atomic E-state index is 5.63. The lowest BCUT2D eigenvalue weighted by molar-refractivity contribution is 1.08. The normalized spacial score (nSPS) is 11.8. The van der Waals surface area contributed by atoms with Gasteiger partial charge in [0.2, 0.25) is 0 Å². The molecule has 5 heteroatoms. The Hall–Kier alpha value is -8.02. The van der Waals surface area contributed by atoms with Gasteiger partial charge in [0.25, 0.3) is 0 Å². The van der Waals surface area contributed by atoms with Crippen molar-refractivity contribution >= 4 is 54.6 Å². The van der Waals surface area contributed by atoms with Gasteiger partial charge in [-0.15, -0.1) is 0 Å². The summed E-state index contributed by atoms with van der Waals surface area (Å²) in [7, 11) is 0. The standard InChI is InChI=1S/C60H47N5/c1-35-28-37(3)55(38(4)29-35)42-32-49(56-39(5)30-36(2)31-40(56)6)57-47-26-25-41(33-52(47)65(53(57)34-42)54-24-12-13-27-61-54)44-19-15-23-51-59(44)63-60(64(51)43-16-8-7-9-17-43)48-21-14-20-46-45-18-10-11-22-50(45)62-58(46)48/h7-34,62H,1-6H3. The van der Waals surface area contributed by atoms with E-state index in [9.17, 15) is 0 Å². The Morgan fingerprint density at radius 2 is 1.11 bits per heavy atom. The van der Waals surface area contributed by atoms with Crippen molar-refractivity contribution in [2.24, 2.45) is 0 Å². The summed E-state index contributed by atoms with van der Waals surface area (Å²) in [6.45, 7) is 13.4. The van der Waals surface area contributed by atoms with Crippen molar-refractivity contribution in [3.05, 3.63) is 203 Å². The van der Waals surface area contributed by atoms with Crippen LogP contribution in [0.2, 0.25) is 0 Å². The van der Waals surface area contributed by atoms with Crippen LogP contribution < -0.4 is 0 Å². The molecule has 0 saturated carbocycles. The third-order valence-electron chi connectivity index (χ3n) is 13.4. The molecule has 4 heterocycles. The maximum Gasteiger partial charge on any atom is 0.147 e. The van der Waals surface area contributed by atoms with E-state index in [4.69, 9.17) is 9.97 Å². The second kappa shape index (κ2) is 14.8. The van der Waals surface area contributed by atoms with Crippen molar-refractivity contribution in [1.82, 2.24) is 24.1 Å². The van der Waals surface area contributed by atoms with E-state index in [-0.39, 0.29) is 0 Å². The summed E-state index contributed by atoms with van der Waals surface area (Å²) in [4.78, 5) is 14.4. The highest BCUT2D eigenvalue weighted by Crippen LogP contribution is 2.46. The first-order valence-corrected chi connectivity index (χ1v) is 22.5. The molecule has 0 aliphatic rings. The number of para-hydroxylation sites is 4. The lowest BCUT2D eigenvalue weighted by atomic mass is 9.86. The van der Waals surface area contributed by atoms with Crippen LogP contribution in [0, 0.1) is 41.5 Å². The first-order chi connectivity index (χ1) is 31.7. The number of hydrogen-bond acceptors (Lipinski definition) is 2. The van der Waals surface area contributed by atoms with E-state index < -0.39 is 0 Å². The van der Waals surface area contributed by atoms with Gasteiger partial charge in [-0.2, -0.15) is 0 Å². The number of H-pyrrole nitrogens is 1. The predicted molar refractivity (Wildman–Crippen MR) is 273 cm³/mol. The van der Waals surface area contributed by atoms with Crippen molar-refractivity contribution in [3.8, 4) is 56.3 Å². The fraction of sp³-hybridized carbons (Fsp3) is 0.100. The topological polar surface area (TPSA) is 51.4 Å². The van der Waals surface area contributed by atoms with Crippen LogP contribution in [-0.2, 0) is 0 Å². The van der Waals surface area contributed by atoms with Crippen LogP contribution in [0.4, 0.5) is 0 Å². The van der Waals surface area contributed by atoms with Crippen LogP contribution in [0.1, 0.15) is 33.4 Å². The zero-order valence-electron chi connectivity index (χ0n) is 37.5. The minimum atomic E-state index is 0.878. The molecular weight excluding hydrogens is 791 g/mol. The van der Waals surface area contributed by atoms with E-state index in [1.807, 2.05) is 12.3 Å². The number of nitrogens with one attached hydrogen (secondary N) is 1. The van der Waals surface area contributed by atoms with Gasteiger partial charge in [-0.25, -0.2) is 9.97 Å². The number of pyridine rings is 1. The van der Waals surface area contributed by atoms with E-state index in [2.05, 4.69) is 213 Å². The molecule has 4 aromatic heterocycles. The molecule has 65 heavy (non-hydrogen) atoms. The van der Waals surface area contributed by atoms with Crippen molar-refractivity contribution in [3.63, 3.8) is 0 Å². The average Bonchev–Trinajstić information content (AvgIpc) is 3.98. The summed E-state index contributed by atoms with van der Waals surface area (Å²) >= 11 is 0. The Kier molecular flexibility index (Phi) is 8.79. The third-order valence-corrected chi connectivity index (χ3v) is 13.4. The van der Waals surface area contributed by atoms with E-state index in [1.54, 1.807) is 0 Å². The largest absolute Gasteiger partial charge is 0.354 e. The predicted octanol–water partition coefficient (Wildman–Crippen LogP) is 15.7. The fourth-order valence-corrected chi connectivity index (χ4v) is 11.0. The summed E-state index contributed by atoms with van der Waals surface area (Å²) in [6.07, 6.45) is 1.90. The Bertz CT molecular complexity index is 3840. The molecule has 12 aromatic rings. The lowest BCUT2D eigenvalue weighted by Gasteiger charge is -2.18. The number of aryl methyl sites for hydroxylation is 6. The monoisotopic (exact) mass is 837 g/mol. The van der Waals surface area contributed by atoms with Gasteiger partial charge in [0.15, 0.2) is 0 Å². The molecule has 1 N–H and O–H groups in total. The first kappa shape index (κ1) is 38.6. The van der Waals surface area contributed by atoms with Gasteiger partial charge in [-0.1, -0.05) is 114 Å². The van der Waals surface area contributed by atoms with Crippen molar-refractivity contribution in [1.29, 1.82) is 0 Å². The van der Waals surface area contributed by atoms with Gasteiger partial charge < -0.3 is 4.98 Å².